The fraction of sp³-hybridized carbons (Fsp3) is 0.556. The Kier molecular flexibility index (Phi) is 2.59. The highest BCUT2D eigenvalue weighted by atomic mass is 16.6. The lowest BCUT2D eigenvalue weighted by molar-refractivity contribution is -0.139. The average molecular weight is 209 g/mol. The van der Waals surface area contributed by atoms with E-state index >= 15 is 0 Å². The molecule has 0 unspecified atom stereocenters. The first-order chi connectivity index (χ1) is 7.16. The maximum absolute atomic E-state index is 11.3. The number of esters is 1. The molecule has 2 heterocycles. The minimum atomic E-state index is -0.164. The molecule has 2 rings (SSSR count). The average Bonchev–Trinajstić information content (AvgIpc) is 2.73. The number of carbonyl (C=O) groups is 1. The van der Waals surface area contributed by atoms with Crippen molar-refractivity contribution < 1.29 is 9.53 Å². The molecule has 1 aromatic heterocycles. The van der Waals surface area contributed by atoms with Crippen molar-refractivity contribution in [3.05, 3.63) is 11.9 Å². The first-order valence-electron chi connectivity index (χ1n) is 4.78. The van der Waals surface area contributed by atoms with E-state index in [-0.39, 0.29) is 18.0 Å². The predicted octanol–water partition coefficient (Wildman–Crippen LogP) is -0.632. The van der Waals surface area contributed by atoms with Crippen LogP contribution in [0.4, 0.5) is 5.95 Å². The zero-order chi connectivity index (χ0) is 10.8. The number of nitrogens with zero attached hydrogens (tertiary/aromatic N) is 3. The van der Waals surface area contributed by atoms with Crippen molar-refractivity contribution in [1.29, 1.82) is 0 Å². The van der Waals surface area contributed by atoms with Crippen LogP contribution < -0.4 is 10.7 Å². The first-order valence-corrected chi connectivity index (χ1v) is 4.78. The summed E-state index contributed by atoms with van der Waals surface area (Å²) in [5.74, 6) is 0.123. The Morgan fingerprint density at radius 2 is 2.60 bits per heavy atom. The van der Waals surface area contributed by atoms with Crippen molar-refractivity contribution in [3.63, 3.8) is 0 Å². The number of hydrogen-bond donors (Lipinski definition) is 1. The molecular formula is C9H13N4O2-. The monoisotopic (exact) mass is 209 g/mol. The number of likely N-dealkylation sites (N-methyl/N-ethyl adjacent to an activating group) is 1. The summed E-state index contributed by atoms with van der Waals surface area (Å²) in [4.78, 5) is 21.0. The van der Waals surface area contributed by atoms with E-state index in [0.29, 0.717) is 19.6 Å². The number of ether oxygens (including phenoxy) is 1. The van der Waals surface area contributed by atoms with Crippen LogP contribution in [0.2, 0.25) is 0 Å². The second kappa shape index (κ2) is 3.90. The maximum Gasteiger partial charge on any atom is 0.324 e. The third kappa shape index (κ3) is 2.10. The van der Waals surface area contributed by atoms with E-state index in [9.17, 15) is 4.79 Å². The lowest BCUT2D eigenvalue weighted by Crippen LogP contribution is -2.29. The summed E-state index contributed by atoms with van der Waals surface area (Å²) in [6.45, 7) is 0.373. The molecule has 82 valence electrons. The number of rotatable bonds is 3. The third-order valence-corrected chi connectivity index (χ3v) is 2.49. The van der Waals surface area contributed by atoms with Gasteiger partial charge in [-0.25, -0.2) is 0 Å². The fourth-order valence-corrected chi connectivity index (χ4v) is 1.62. The third-order valence-electron chi connectivity index (χ3n) is 2.49. The molecule has 0 bridgehead atoms. The normalized spacial score (nSPS) is 21.9. The highest BCUT2D eigenvalue weighted by Crippen LogP contribution is 2.14. The summed E-state index contributed by atoms with van der Waals surface area (Å²) in [5.41, 5.74) is 6.21. The van der Waals surface area contributed by atoms with E-state index in [1.54, 1.807) is 6.20 Å². The number of carbonyl (C=O) groups excluding carboxylic acids is 1. The Hall–Kier alpha value is -1.56. The summed E-state index contributed by atoms with van der Waals surface area (Å²) in [5, 5.41) is 0. The van der Waals surface area contributed by atoms with E-state index in [1.807, 2.05) is 11.9 Å². The molecule has 1 fully saturated rings. The zero-order valence-corrected chi connectivity index (χ0v) is 8.51. The molecule has 1 saturated heterocycles. The molecule has 0 aromatic carbocycles. The van der Waals surface area contributed by atoms with E-state index in [4.69, 9.17) is 10.5 Å². The quantitative estimate of drug-likeness (QED) is 0.667. The number of aryl methyl sites for hydroxylation is 1. The van der Waals surface area contributed by atoms with Crippen molar-refractivity contribution in [2.24, 2.45) is 0 Å². The minimum Gasteiger partial charge on any atom is -0.453 e. The van der Waals surface area contributed by atoms with E-state index in [0.717, 1.165) is 5.69 Å². The van der Waals surface area contributed by atoms with E-state index < -0.39 is 0 Å². The Morgan fingerprint density at radius 1 is 1.80 bits per heavy atom. The van der Waals surface area contributed by atoms with Crippen molar-refractivity contribution >= 4 is 11.9 Å². The molecule has 0 saturated carbocycles. The van der Waals surface area contributed by atoms with Crippen LogP contribution in [-0.4, -0.2) is 35.7 Å². The summed E-state index contributed by atoms with van der Waals surface area (Å²) < 4.78 is 4.90. The van der Waals surface area contributed by atoms with Gasteiger partial charge < -0.3 is 20.4 Å². The molecule has 1 atom stereocenters. The molecule has 6 heteroatoms. The van der Waals surface area contributed by atoms with Crippen LogP contribution in [0, 0.1) is 0 Å². The van der Waals surface area contributed by atoms with Gasteiger partial charge in [-0.05, 0) is 31.8 Å². The van der Waals surface area contributed by atoms with Gasteiger partial charge in [-0.1, -0.05) is 0 Å². The summed E-state index contributed by atoms with van der Waals surface area (Å²) >= 11 is 0. The van der Waals surface area contributed by atoms with Gasteiger partial charge in [-0.15, -0.1) is 0 Å². The lowest BCUT2D eigenvalue weighted by atomic mass is 10.1. The van der Waals surface area contributed by atoms with E-state index in [1.165, 1.54) is 0 Å². The largest absolute Gasteiger partial charge is 0.453 e. The molecule has 1 aliphatic heterocycles. The van der Waals surface area contributed by atoms with Gasteiger partial charge in [0, 0.05) is 5.95 Å². The SMILES string of the molecule is CN1COC(=O)[C@@H]1CCc1c[n-]c(N)n1. The fourth-order valence-electron chi connectivity index (χ4n) is 1.62. The highest BCUT2D eigenvalue weighted by molar-refractivity contribution is 5.77. The smallest absolute Gasteiger partial charge is 0.324 e. The van der Waals surface area contributed by atoms with Crippen LogP contribution in [0.3, 0.4) is 0 Å². The second-order valence-electron chi connectivity index (χ2n) is 3.62. The van der Waals surface area contributed by atoms with Crippen LogP contribution in [0.5, 0.6) is 0 Å². The predicted molar refractivity (Wildman–Crippen MR) is 52.8 cm³/mol. The van der Waals surface area contributed by atoms with Gasteiger partial charge in [-0.3, -0.25) is 9.69 Å². The molecule has 15 heavy (non-hydrogen) atoms. The van der Waals surface area contributed by atoms with Gasteiger partial charge >= 0.3 is 5.97 Å². The molecule has 1 aromatic rings. The standard InChI is InChI=1S/C9H13N4O2/c1-13-5-15-8(14)7(13)3-2-6-4-11-9(10)12-6/h4,7H,2-3,5H2,1H3,(H2-,10,11,12)/q-1/t7-/m0/s1. The van der Waals surface area contributed by atoms with Crippen LogP contribution in [0.15, 0.2) is 6.20 Å². The number of nitrogens with two attached hydrogens (primary N) is 1. The van der Waals surface area contributed by atoms with Crippen LogP contribution in [0.1, 0.15) is 12.1 Å². The van der Waals surface area contributed by atoms with Crippen molar-refractivity contribution in [3.8, 4) is 0 Å². The molecule has 0 aliphatic carbocycles. The number of aromatic nitrogens is 2. The van der Waals surface area contributed by atoms with Crippen molar-refractivity contribution in [2.75, 3.05) is 19.5 Å². The van der Waals surface area contributed by atoms with Crippen LogP contribution in [-0.2, 0) is 16.0 Å². The zero-order valence-electron chi connectivity index (χ0n) is 8.51. The van der Waals surface area contributed by atoms with Crippen molar-refractivity contribution in [2.45, 2.75) is 18.9 Å². The summed E-state index contributed by atoms with van der Waals surface area (Å²) in [7, 11) is 1.86. The maximum atomic E-state index is 11.3. The Bertz CT molecular complexity index is 363. The van der Waals surface area contributed by atoms with Gasteiger partial charge in [0.25, 0.3) is 0 Å². The Labute approximate surface area is 87.4 Å². The molecule has 6 nitrogen and oxygen atoms in total. The van der Waals surface area contributed by atoms with Gasteiger partial charge in [-0.2, -0.15) is 0 Å². The highest BCUT2D eigenvalue weighted by Gasteiger charge is 2.30. The molecule has 1 aliphatic rings. The molecular weight excluding hydrogens is 196 g/mol. The molecule has 0 radical (unpaired) electrons. The van der Waals surface area contributed by atoms with Gasteiger partial charge in [0.1, 0.15) is 12.8 Å². The van der Waals surface area contributed by atoms with Gasteiger partial charge in [0.2, 0.25) is 0 Å². The van der Waals surface area contributed by atoms with Crippen LogP contribution in [0.25, 0.3) is 0 Å². The number of imidazole rings is 1. The molecule has 2 N–H and O–H groups in total. The number of anilines is 1. The number of cyclic esters (lactones) is 1. The lowest BCUT2D eigenvalue weighted by Gasteiger charge is -2.13. The minimum absolute atomic E-state index is 0.162. The summed E-state index contributed by atoms with van der Waals surface area (Å²) in [6.07, 6.45) is 3.01. The number of hydrogen-bond acceptors (Lipinski definition) is 5. The first kappa shape index (κ1) is 9.97. The molecule has 0 amide bonds. The topological polar surface area (TPSA) is 82.5 Å². The Morgan fingerprint density at radius 3 is 3.13 bits per heavy atom. The Balaban J connectivity index is 1.90. The second-order valence-corrected chi connectivity index (χ2v) is 3.62. The van der Waals surface area contributed by atoms with Gasteiger partial charge in [0.05, 0.1) is 0 Å². The van der Waals surface area contributed by atoms with Crippen molar-refractivity contribution in [1.82, 2.24) is 14.9 Å². The number of nitrogen functional groups attached to an aromatic ring is 1. The molecule has 0 spiro atoms. The van der Waals surface area contributed by atoms with Crippen LogP contribution >= 0.6 is 0 Å². The van der Waals surface area contributed by atoms with E-state index in [2.05, 4.69) is 9.97 Å². The van der Waals surface area contributed by atoms with Gasteiger partial charge in [0.15, 0.2) is 0 Å². The summed E-state index contributed by atoms with van der Waals surface area (Å²) in [6, 6.07) is -0.164.